The van der Waals surface area contributed by atoms with Crippen LogP contribution in [0.5, 0.6) is 0 Å². The summed E-state index contributed by atoms with van der Waals surface area (Å²) in [7, 11) is 0. The molecule has 7 nitrogen and oxygen atoms in total. The summed E-state index contributed by atoms with van der Waals surface area (Å²) in [6, 6.07) is -0.399. The number of rotatable bonds is 5. The molecule has 32 heavy (non-hydrogen) atoms. The standard InChI is InChI=1S/C24H32N2O5S/c27-14-5-4-12-26-20-22(29)25(16-8-2-1-3-9-16)13-7-11-24(20)19(21(26)28)18-17(32-24)10-6-15-31-23(18)30/h6-7,10-11,16-20,27H,1-5,8-9,12-15H2/t17-,18+,19+,20?,24+/m1/s1. The van der Waals surface area contributed by atoms with E-state index in [4.69, 9.17) is 4.74 Å². The van der Waals surface area contributed by atoms with Crippen LogP contribution in [0.25, 0.3) is 0 Å². The molecule has 1 aliphatic carbocycles. The summed E-state index contributed by atoms with van der Waals surface area (Å²) in [6.07, 6.45) is 14.6. The SMILES string of the molecule is O=C1OCC=C[C@H]2S[C@]34C=CCN(C5CCCCC5)C(=O)C3N(CCCCO)C(=O)[C@@H]4[C@@H]12. The Hall–Kier alpha value is -1.80. The van der Waals surface area contributed by atoms with Gasteiger partial charge in [-0.1, -0.05) is 43.6 Å². The van der Waals surface area contributed by atoms with Crippen molar-refractivity contribution in [3.05, 3.63) is 24.3 Å². The lowest BCUT2D eigenvalue weighted by molar-refractivity contribution is -0.151. The minimum Gasteiger partial charge on any atom is -0.461 e. The van der Waals surface area contributed by atoms with Gasteiger partial charge in [0.15, 0.2) is 0 Å². The molecule has 8 heteroatoms. The summed E-state index contributed by atoms with van der Waals surface area (Å²) >= 11 is 1.59. The normalized spacial score (nSPS) is 37.1. The van der Waals surface area contributed by atoms with Crippen molar-refractivity contribution in [2.75, 3.05) is 26.3 Å². The minimum atomic E-state index is -0.757. The number of amides is 2. The number of cyclic esters (lactones) is 1. The third-order valence-electron chi connectivity index (χ3n) is 7.77. The number of esters is 1. The molecule has 2 amide bonds. The number of carbonyl (C=O) groups is 3. The van der Waals surface area contributed by atoms with Gasteiger partial charge < -0.3 is 19.6 Å². The predicted molar refractivity (Wildman–Crippen MR) is 121 cm³/mol. The van der Waals surface area contributed by atoms with Crippen molar-refractivity contribution >= 4 is 29.5 Å². The first-order valence-corrected chi connectivity index (χ1v) is 12.9. The highest BCUT2D eigenvalue weighted by molar-refractivity contribution is 8.02. The second kappa shape index (κ2) is 8.86. The molecule has 0 aromatic rings. The number of nitrogens with zero attached hydrogens (tertiary/aromatic N) is 2. The molecular formula is C24H32N2O5S. The zero-order valence-corrected chi connectivity index (χ0v) is 19.2. The highest BCUT2D eigenvalue weighted by Gasteiger charge is 2.71. The molecule has 3 fully saturated rings. The van der Waals surface area contributed by atoms with E-state index in [0.717, 1.165) is 25.7 Å². The molecule has 5 aliphatic rings. The summed E-state index contributed by atoms with van der Waals surface area (Å²) in [5, 5.41) is 9.10. The van der Waals surface area contributed by atoms with Crippen LogP contribution in [0.1, 0.15) is 44.9 Å². The fraction of sp³-hybridized carbons (Fsp3) is 0.708. The van der Waals surface area contributed by atoms with Crippen LogP contribution in [-0.4, -0.2) is 81.1 Å². The first-order chi connectivity index (χ1) is 15.6. The Bertz CT molecular complexity index is 838. The van der Waals surface area contributed by atoms with Crippen LogP contribution in [0.15, 0.2) is 24.3 Å². The number of thioether (sulfide) groups is 1. The van der Waals surface area contributed by atoms with Crippen LogP contribution in [0, 0.1) is 11.8 Å². The molecular weight excluding hydrogens is 428 g/mol. The molecule has 1 saturated carbocycles. The number of hydrogen-bond acceptors (Lipinski definition) is 6. The molecule has 2 saturated heterocycles. The van der Waals surface area contributed by atoms with Gasteiger partial charge in [-0.15, -0.1) is 11.8 Å². The maximum atomic E-state index is 14.1. The molecule has 5 atom stereocenters. The molecule has 4 heterocycles. The van der Waals surface area contributed by atoms with Gasteiger partial charge in [0.1, 0.15) is 12.6 Å². The molecule has 1 unspecified atom stereocenters. The lowest BCUT2D eigenvalue weighted by Crippen LogP contribution is -2.55. The highest BCUT2D eigenvalue weighted by Crippen LogP contribution is 2.61. The number of aliphatic hydroxyl groups excluding tert-OH is 1. The number of carbonyl (C=O) groups excluding carboxylic acids is 3. The summed E-state index contributed by atoms with van der Waals surface area (Å²) in [5.41, 5.74) is 0. The van der Waals surface area contributed by atoms with Gasteiger partial charge in [0.2, 0.25) is 11.8 Å². The van der Waals surface area contributed by atoms with E-state index in [1.54, 1.807) is 16.7 Å². The third kappa shape index (κ3) is 3.41. The van der Waals surface area contributed by atoms with E-state index < -0.39 is 22.6 Å². The smallest absolute Gasteiger partial charge is 0.311 e. The Labute approximate surface area is 193 Å². The monoisotopic (exact) mass is 460 g/mol. The average molecular weight is 461 g/mol. The van der Waals surface area contributed by atoms with Crippen LogP contribution in [0.2, 0.25) is 0 Å². The number of unbranched alkanes of at least 4 members (excludes halogenated alkanes) is 1. The fourth-order valence-corrected chi connectivity index (χ4v) is 8.34. The molecule has 0 bridgehead atoms. The second-order valence-electron chi connectivity index (χ2n) is 9.55. The molecule has 174 valence electrons. The van der Waals surface area contributed by atoms with Crippen molar-refractivity contribution in [3.8, 4) is 0 Å². The Kier molecular flexibility index (Phi) is 6.09. The van der Waals surface area contributed by atoms with Gasteiger partial charge in [-0.25, -0.2) is 0 Å². The van der Waals surface area contributed by atoms with Gasteiger partial charge in [0, 0.05) is 31.0 Å². The molecule has 1 spiro atoms. The van der Waals surface area contributed by atoms with E-state index in [1.165, 1.54) is 6.42 Å². The van der Waals surface area contributed by atoms with Crippen molar-refractivity contribution in [1.29, 1.82) is 0 Å². The Balaban J connectivity index is 1.54. The number of likely N-dealkylation sites (tertiary alicyclic amines) is 1. The minimum absolute atomic E-state index is 0.0167. The van der Waals surface area contributed by atoms with Gasteiger partial charge in [-0.2, -0.15) is 0 Å². The van der Waals surface area contributed by atoms with E-state index in [2.05, 4.69) is 12.2 Å². The lowest BCUT2D eigenvalue weighted by Gasteiger charge is -2.39. The topological polar surface area (TPSA) is 87.2 Å². The van der Waals surface area contributed by atoms with Crippen molar-refractivity contribution in [1.82, 2.24) is 9.80 Å². The van der Waals surface area contributed by atoms with Gasteiger partial charge in [-0.05, 0) is 25.7 Å². The van der Waals surface area contributed by atoms with Crippen LogP contribution < -0.4 is 0 Å². The molecule has 1 N–H and O–H groups in total. The number of ether oxygens (including phenoxy) is 1. The zero-order valence-electron chi connectivity index (χ0n) is 18.4. The molecule has 0 aromatic heterocycles. The first kappa shape index (κ1) is 22.0. The second-order valence-corrected chi connectivity index (χ2v) is 11.0. The van der Waals surface area contributed by atoms with E-state index in [0.29, 0.717) is 25.9 Å². The van der Waals surface area contributed by atoms with Crippen LogP contribution in [0.4, 0.5) is 0 Å². The fourth-order valence-electron chi connectivity index (χ4n) is 6.34. The van der Waals surface area contributed by atoms with Crippen LogP contribution in [-0.2, 0) is 19.1 Å². The van der Waals surface area contributed by atoms with Crippen LogP contribution >= 0.6 is 11.8 Å². The summed E-state index contributed by atoms with van der Waals surface area (Å²) in [4.78, 5) is 44.5. The van der Waals surface area contributed by atoms with Crippen molar-refractivity contribution in [3.63, 3.8) is 0 Å². The van der Waals surface area contributed by atoms with Gasteiger partial charge in [-0.3, -0.25) is 14.4 Å². The van der Waals surface area contributed by atoms with E-state index in [1.807, 2.05) is 17.1 Å². The molecule has 5 rings (SSSR count). The number of fused-ring (bicyclic) bond motifs is 2. The predicted octanol–water partition coefficient (Wildman–Crippen LogP) is 1.90. The number of hydrogen-bond donors (Lipinski definition) is 1. The molecule has 0 aromatic carbocycles. The highest BCUT2D eigenvalue weighted by atomic mass is 32.2. The maximum Gasteiger partial charge on any atom is 0.311 e. The quantitative estimate of drug-likeness (QED) is 0.383. The molecule has 4 aliphatic heterocycles. The Morgan fingerprint density at radius 3 is 2.69 bits per heavy atom. The van der Waals surface area contributed by atoms with E-state index >= 15 is 0 Å². The van der Waals surface area contributed by atoms with Gasteiger partial charge in [0.05, 0.1) is 16.6 Å². The van der Waals surface area contributed by atoms with E-state index in [9.17, 15) is 19.5 Å². The lowest BCUT2D eigenvalue weighted by atomic mass is 9.78. The Morgan fingerprint density at radius 1 is 1.09 bits per heavy atom. The summed E-state index contributed by atoms with van der Waals surface area (Å²) in [5.74, 6) is -1.62. The van der Waals surface area contributed by atoms with Crippen molar-refractivity contribution in [2.45, 2.75) is 67.0 Å². The van der Waals surface area contributed by atoms with Crippen LogP contribution in [0.3, 0.4) is 0 Å². The Morgan fingerprint density at radius 2 is 1.91 bits per heavy atom. The average Bonchev–Trinajstić information content (AvgIpc) is 3.09. The first-order valence-electron chi connectivity index (χ1n) is 12.0. The summed E-state index contributed by atoms with van der Waals surface area (Å²) in [6.45, 7) is 1.26. The maximum absolute atomic E-state index is 14.1. The number of aliphatic hydroxyl groups is 1. The van der Waals surface area contributed by atoms with Crippen molar-refractivity contribution in [2.24, 2.45) is 11.8 Å². The van der Waals surface area contributed by atoms with Crippen molar-refractivity contribution < 1.29 is 24.2 Å². The third-order valence-corrected chi connectivity index (χ3v) is 9.51. The molecule has 0 radical (unpaired) electrons. The zero-order chi connectivity index (χ0) is 22.3. The van der Waals surface area contributed by atoms with E-state index in [-0.39, 0.29) is 42.3 Å². The van der Waals surface area contributed by atoms with Gasteiger partial charge >= 0.3 is 5.97 Å². The largest absolute Gasteiger partial charge is 0.461 e. The summed E-state index contributed by atoms with van der Waals surface area (Å²) < 4.78 is 4.64. The van der Waals surface area contributed by atoms with Gasteiger partial charge in [0.25, 0.3) is 0 Å².